The van der Waals surface area contributed by atoms with Gasteiger partial charge in [-0.25, -0.2) is 0 Å². The minimum Gasteiger partial charge on any atom is -0.391 e. The van der Waals surface area contributed by atoms with Gasteiger partial charge in [0.2, 0.25) is 0 Å². The van der Waals surface area contributed by atoms with E-state index in [-0.39, 0.29) is 17.8 Å². The average molecular weight is 299 g/mol. The van der Waals surface area contributed by atoms with E-state index in [9.17, 15) is 5.11 Å². The van der Waals surface area contributed by atoms with Crippen molar-refractivity contribution in [1.82, 2.24) is 0 Å². The lowest BCUT2D eigenvalue weighted by Crippen LogP contribution is -2.37. The molecule has 0 saturated heterocycles. The Balaban J connectivity index is 0.00000256. The molecule has 5 heteroatoms. The lowest BCUT2D eigenvalue weighted by molar-refractivity contribution is 0.0401. The summed E-state index contributed by atoms with van der Waals surface area (Å²) in [7, 11) is 0. The van der Waals surface area contributed by atoms with Crippen LogP contribution in [0.1, 0.15) is 32.4 Å². The van der Waals surface area contributed by atoms with E-state index in [0.29, 0.717) is 15.6 Å². The van der Waals surface area contributed by atoms with Crippen LogP contribution in [0.25, 0.3) is 0 Å². The fourth-order valence-corrected chi connectivity index (χ4v) is 2.02. The summed E-state index contributed by atoms with van der Waals surface area (Å²) in [5.74, 6) is 0. The molecule has 2 nitrogen and oxygen atoms in total. The number of hydrogen-bond donors (Lipinski definition) is 2. The zero-order valence-electron chi connectivity index (χ0n) is 10.1. The van der Waals surface area contributed by atoms with E-state index in [1.165, 1.54) is 0 Å². The molecule has 17 heavy (non-hydrogen) atoms. The van der Waals surface area contributed by atoms with Crippen LogP contribution in [0.15, 0.2) is 18.2 Å². The summed E-state index contributed by atoms with van der Waals surface area (Å²) in [5, 5.41) is 11.1. The van der Waals surface area contributed by atoms with Crippen molar-refractivity contribution < 1.29 is 5.11 Å². The van der Waals surface area contributed by atoms with Crippen molar-refractivity contribution in [3.05, 3.63) is 33.8 Å². The third-order valence-corrected chi connectivity index (χ3v) is 3.11. The molecule has 1 aromatic carbocycles. The van der Waals surface area contributed by atoms with Crippen LogP contribution < -0.4 is 5.73 Å². The van der Waals surface area contributed by atoms with Crippen LogP contribution in [0, 0.1) is 5.41 Å². The largest absolute Gasteiger partial charge is 0.391 e. The molecule has 0 aliphatic rings. The van der Waals surface area contributed by atoms with Gasteiger partial charge in [-0.05, 0) is 23.1 Å². The molecule has 2 atom stereocenters. The Bertz CT molecular complexity index is 377. The molecule has 3 N–H and O–H groups in total. The highest BCUT2D eigenvalue weighted by Gasteiger charge is 2.30. The van der Waals surface area contributed by atoms with Gasteiger partial charge in [0, 0.05) is 10.0 Å². The highest BCUT2D eigenvalue weighted by molar-refractivity contribution is 6.35. The molecule has 0 heterocycles. The highest BCUT2D eigenvalue weighted by atomic mass is 35.5. The second kappa shape index (κ2) is 6.26. The molecule has 98 valence electrons. The second-order valence-electron chi connectivity index (χ2n) is 5.00. The SMILES string of the molecule is CC(C)(C)[C@@H](O)[C@@H](N)c1ccc(Cl)cc1Cl.Cl. The Morgan fingerprint density at radius 2 is 1.76 bits per heavy atom. The average Bonchev–Trinajstić information content (AvgIpc) is 2.14. The number of nitrogens with two attached hydrogens (primary N) is 1. The van der Waals surface area contributed by atoms with Crippen molar-refractivity contribution in [2.75, 3.05) is 0 Å². The van der Waals surface area contributed by atoms with Gasteiger partial charge in [0.1, 0.15) is 0 Å². The standard InChI is InChI=1S/C12H17Cl2NO.ClH/c1-12(2,3)11(16)10(15)8-5-4-7(13)6-9(8)14;/h4-6,10-11,16H,15H2,1-3H3;1H/t10-,11-;/m0./s1. The molecule has 0 unspecified atom stereocenters. The third-order valence-electron chi connectivity index (χ3n) is 2.55. The van der Waals surface area contributed by atoms with E-state index in [2.05, 4.69) is 0 Å². The predicted octanol–water partition coefficient (Wildman–Crippen LogP) is 3.82. The number of aliphatic hydroxyl groups is 1. The Morgan fingerprint density at radius 3 is 2.18 bits per heavy atom. The Hall–Kier alpha value is 0.01000. The highest BCUT2D eigenvalue weighted by Crippen LogP contribution is 2.32. The first-order chi connectivity index (χ1) is 7.23. The second-order valence-corrected chi connectivity index (χ2v) is 5.85. The topological polar surface area (TPSA) is 46.2 Å². The third kappa shape index (κ3) is 4.31. The van der Waals surface area contributed by atoms with Gasteiger partial charge in [-0.2, -0.15) is 0 Å². The van der Waals surface area contributed by atoms with Gasteiger partial charge in [0.25, 0.3) is 0 Å². The maximum Gasteiger partial charge on any atom is 0.0781 e. The van der Waals surface area contributed by atoms with Crippen molar-refractivity contribution in [3.8, 4) is 0 Å². The first-order valence-corrected chi connectivity index (χ1v) is 5.87. The fourth-order valence-electron chi connectivity index (χ4n) is 1.48. The predicted molar refractivity (Wildman–Crippen MR) is 76.1 cm³/mol. The van der Waals surface area contributed by atoms with Crippen molar-refractivity contribution in [1.29, 1.82) is 0 Å². The molecule has 0 aromatic heterocycles. The van der Waals surface area contributed by atoms with Crippen molar-refractivity contribution in [3.63, 3.8) is 0 Å². The molecular formula is C12H18Cl3NO. The van der Waals surface area contributed by atoms with E-state index in [1.54, 1.807) is 18.2 Å². The number of rotatable bonds is 2. The number of benzene rings is 1. The van der Waals surface area contributed by atoms with Gasteiger partial charge in [-0.3, -0.25) is 0 Å². The van der Waals surface area contributed by atoms with Gasteiger partial charge < -0.3 is 10.8 Å². The van der Waals surface area contributed by atoms with Crippen LogP contribution in [0.5, 0.6) is 0 Å². The van der Waals surface area contributed by atoms with E-state index in [0.717, 1.165) is 0 Å². The fraction of sp³-hybridized carbons (Fsp3) is 0.500. The Labute approximate surface area is 119 Å². The molecule has 0 fully saturated rings. The van der Waals surface area contributed by atoms with Crippen LogP contribution in [0.2, 0.25) is 10.0 Å². The van der Waals surface area contributed by atoms with E-state index >= 15 is 0 Å². The maximum absolute atomic E-state index is 10.1. The van der Waals surface area contributed by atoms with Crippen LogP contribution in [-0.4, -0.2) is 11.2 Å². The molecule has 0 aliphatic heterocycles. The molecule has 0 radical (unpaired) electrons. The summed E-state index contributed by atoms with van der Waals surface area (Å²) >= 11 is 11.8. The zero-order valence-corrected chi connectivity index (χ0v) is 12.4. The van der Waals surface area contributed by atoms with Gasteiger partial charge in [-0.1, -0.05) is 50.0 Å². The van der Waals surface area contributed by atoms with E-state index < -0.39 is 12.1 Å². The molecule has 1 aromatic rings. The summed E-state index contributed by atoms with van der Waals surface area (Å²) in [5.41, 5.74) is 6.42. The van der Waals surface area contributed by atoms with Gasteiger partial charge in [0.05, 0.1) is 12.1 Å². The summed E-state index contributed by atoms with van der Waals surface area (Å²) in [6, 6.07) is 4.60. The first kappa shape index (κ1) is 17.0. The van der Waals surface area contributed by atoms with Crippen LogP contribution in [0.3, 0.4) is 0 Å². The van der Waals surface area contributed by atoms with Crippen molar-refractivity contribution in [2.24, 2.45) is 11.1 Å². The number of aliphatic hydroxyl groups excluding tert-OH is 1. The summed E-state index contributed by atoms with van der Waals surface area (Å²) < 4.78 is 0. The monoisotopic (exact) mass is 297 g/mol. The molecule has 0 spiro atoms. The molecular weight excluding hydrogens is 280 g/mol. The smallest absolute Gasteiger partial charge is 0.0781 e. The Morgan fingerprint density at radius 1 is 1.24 bits per heavy atom. The molecule has 0 amide bonds. The number of hydrogen-bond acceptors (Lipinski definition) is 2. The van der Waals surface area contributed by atoms with Gasteiger partial charge >= 0.3 is 0 Å². The molecule has 0 aliphatic carbocycles. The molecule has 0 saturated carbocycles. The molecule has 1 rings (SSSR count). The Kier molecular flexibility index (Phi) is 6.26. The lowest BCUT2D eigenvalue weighted by Gasteiger charge is -2.31. The van der Waals surface area contributed by atoms with Crippen molar-refractivity contribution in [2.45, 2.75) is 32.9 Å². The van der Waals surface area contributed by atoms with Crippen LogP contribution >= 0.6 is 35.6 Å². The van der Waals surface area contributed by atoms with Gasteiger partial charge in [-0.15, -0.1) is 12.4 Å². The summed E-state index contributed by atoms with van der Waals surface area (Å²) in [6.07, 6.45) is -0.661. The lowest BCUT2D eigenvalue weighted by atomic mass is 9.82. The van der Waals surface area contributed by atoms with E-state index in [1.807, 2.05) is 20.8 Å². The van der Waals surface area contributed by atoms with Gasteiger partial charge in [0.15, 0.2) is 0 Å². The van der Waals surface area contributed by atoms with Crippen LogP contribution in [0.4, 0.5) is 0 Å². The summed E-state index contributed by atoms with van der Waals surface area (Å²) in [4.78, 5) is 0. The van der Waals surface area contributed by atoms with E-state index in [4.69, 9.17) is 28.9 Å². The minimum absolute atomic E-state index is 0. The maximum atomic E-state index is 10.1. The minimum atomic E-state index is -0.661. The quantitative estimate of drug-likeness (QED) is 0.872. The van der Waals surface area contributed by atoms with Crippen LogP contribution in [-0.2, 0) is 0 Å². The first-order valence-electron chi connectivity index (χ1n) is 5.12. The zero-order chi connectivity index (χ0) is 12.5. The normalized spacial score (nSPS) is 15.0. The molecule has 0 bridgehead atoms. The summed E-state index contributed by atoms with van der Waals surface area (Å²) in [6.45, 7) is 5.80. The number of halogens is 3. The van der Waals surface area contributed by atoms with Crippen molar-refractivity contribution >= 4 is 35.6 Å².